The summed E-state index contributed by atoms with van der Waals surface area (Å²) < 4.78 is 42.7. The molecule has 0 saturated carbocycles. The molecule has 0 unspecified atom stereocenters. The van der Waals surface area contributed by atoms with Crippen LogP contribution in [0.1, 0.15) is 19.8 Å². The van der Waals surface area contributed by atoms with Crippen molar-refractivity contribution in [2.45, 2.75) is 24.7 Å². The maximum atomic E-state index is 12.9. The Morgan fingerprint density at radius 1 is 1.24 bits per heavy atom. The number of hydrogen-bond acceptors (Lipinski definition) is 10. The zero-order valence-electron chi connectivity index (χ0n) is 17.8. The first-order chi connectivity index (χ1) is 16.1. The maximum Gasteiger partial charge on any atom is 0.323 e. The normalized spacial score (nSPS) is 19.9. The number of allylic oxidation sites excluding steroid dienone is 2. The van der Waals surface area contributed by atoms with Gasteiger partial charge in [0.15, 0.2) is 11.5 Å². The van der Waals surface area contributed by atoms with Crippen LogP contribution in [0.15, 0.2) is 38.6 Å². The SMILES string of the molecule is CCC(/C=C1\Sc2cc3c(cc2N1CCCS(=O)(=O)O)OCO3)=C1/SC(=S)N(CC(=O)O)C1=O. The van der Waals surface area contributed by atoms with Crippen molar-refractivity contribution in [3.63, 3.8) is 0 Å². The van der Waals surface area contributed by atoms with Crippen molar-refractivity contribution in [3.05, 3.63) is 33.7 Å². The summed E-state index contributed by atoms with van der Waals surface area (Å²) in [7, 11) is -4.11. The van der Waals surface area contributed by atoms with E-state index in [1.807, 2.05) is 30.0 Å². The third-order valence-corrected chi connectivity index (χ3v) is 8.53. The van der Waals surface area contributed by atoms with Crippen molar-refractivity contribution in [2.24, 2.45) is 0 Å². The molecule has 0 atom stereocenters. The van der Waals surface area contributed by atoms with Crippen molar-refractivity contribution < 1.29 is 37.1 Å². The van der Waals surface area contributed by atoms with Gasteiger partial charge in [-0.15, -0.1) is 0 Å². The van der Waals surface area contributed by atoms with Crippen molar-refractivity contribution in [1.29, 1.82) is 0 Å². The number of aliphatic carboxylic acids is 1. The Morgan fingerprint density at radius 3 is 2.59 bits per heavy atom. The Hall–Kier alpha value is -2.26. The van der Waals surface area contributed by atoms with Gasteiger partial charge in [-0.25, -0.2) is 0 Å². The molecular weight excluding hydrogens is 524 g/mol. The number of carboxylic acids is 1. The van der Waals surface area contributed by atoms with Gasteiger partial charge in [0.2, 0.25) is 6.79 Å². The fraction of sp³-hybridized carbons (Fsp3) is 0.350. The van der Waals surface area contributed by atoms with E-state index >= 15 is 0 Å². The van der Waals surface area contributed by atoms with Crippen LogP contribution in [0.2, 0.25) is 0 Å². The standard InChI is InChI=1S/C20H20N2O8S4/c1-2-11(18-19(25)22(9-17(23)24)20(31)33-18)6-16-21(4-3-5-34(26,27)28)12-7-13-14(30-10-29-13)8-15(12)32-16/h6-8H,2-5,9-10H2,1H3,(H,23,24)(H,26,27,28)/b16-6-,18-11-. The molecule has 3 aliphatic heterocycles. The van der Waals surface area contributed by atoms with Crippen LogP contribution < -0.4 is 14.4 Å². The second-order valence-corrected chi connectivity index (χ2v) is 11.7. The van der Waals surface area contributed by atoms with Gasteiger partial charge in [0.25, 0.3) is 16.0 Å². The number of thiocarbonyl (C=S) groups is 1. The number of carbonyl (C=O) groups excluding carboxylic acids is 1. The lowest BCUT2D eigenvalue weighted by Gasteiger charge is -2.21. The van der Waals surface area contributed by atoms with E-state index in [1.54, 1.807) is 0 Å². The molecule has 1 aromatic carbocycles. The Morgan fingerprint density at radius 2 is 1.94 bits per heavy atom. The third-order valence-electron chi connectivity index (χ3n) is 5.12. The summed E-state index contributed by atoms with van der Waals surface area (Å²) in [5.74, 6) is -0.819. The molecule has 0 spiro atoms. The number of rotatable bonds is 8. The molecule has 2 N–H and O–H groups in total. The predicted octanol–water partition coefficient (Wildman–Crippen LogP) is 3.06. The minimum Gasteiger partial charge on any atom is -0.480 e. The van der Waals surface area contributed by atoms with E-state index < -0.39 is 34.3 Å². The van der Waals surface area contributed by atoms with Crippen molar-refractivity contribution in [3.8, 4) is 11.5 Å². The topological polar surface area (TPSA) is 134 Å². The van der Waals surface area contributed by atoms with Crippen LogP contribution in [0.3, 0.4) is 0 Å². The third kappa shape index (κ3) is 5.20. The lowest BCUT2D eigenvalue weighted by atomic mass is 10.1. The molecule has 182 valence electrons. The number of anilines is 1. The van der Waals surface area contributed by atoms with E-state index in [4.69, 9.17) is 31.4 Å². The van der Waals surface area contributed by atoms with Gasteiger partial charge in [-0.1, -0.05) is 42.7 Å². The van der Waals surface area contributed by atoms with Crippen LogP contribution >= 0.6 is 35.7 Å². The number of carboxylic acid groups (broad SMARTS) is 1. The molecule has 3 aliphatic rings. The molecule has 0 bridgehead atoms. The number of thioether (sulfide) groups is 2. The average molecular weight is 545 g/mol. The van der Waals surface area contributed by atoms with Crippen LogP contribution in [-0.2, 0) is 19.7 Å². The minimum atomic E-state index is -4.11. The molecule has 0 aromatic heterocycles. The van der Waals surface area contributed by atoms with Gasteiger partial charge in [0, 0.05) is 23.6 Å². The number of ether oxygens (including phenoxy) is 2. The van der Waals surface area contributed by atoms with E-state index in [2.05, 4.69) is 0 Å². The largest absolute Gasteiger partial charge is 0.480 e. The maximum absolute atomic E-state index is 12.9. The molecule has 10 nitrogen and oxygen atoms in total. The number of benzene rings is 1. The molecule has 34 heavy (non-hydrogen) atoms. The highest BCUT2D eigenvalue weighted by molar-refractivity contribution is 8.26. The molecule has 4 rings (SSSR count). The van der Waals surface area contributed by atoms with Crippen molar-refractivity contribution >= 4 is 67.7 Å². The highest BCUT2D eigenvalue weighted by Crippen LogP contribution is 2.52. The highest BCUT2D eigenvalue weighted by atomic mass is 32.2. The van der Waals surface area contributed by atoms with Crippen LogP contribution in [0.4, 0.5) is 5.69 Å². The minimum absolute atomic E-state index is 0.118. The van der Waals surface area contributed by atoms with Crippen molar-refractivity contribution in [2.75, 3.05) is 30.5 Å². The van der Waals surface area contributed by atoms with Crippen LogP contribution in [0.5, 0.6) is 11.5 Å². The summed E-state index contributed by atoms with van der Waals surface area (Å²) in [4.78, 5) is 28.2. The quantitative estimate of drug-likeness (QED) is 0.283. The van der Waals surface area contributed by atoms with Gasteiger partial charge < -0.3 is 19.5 Å². The van der Waals surface area contributed by atoms with Crippen molar-refractivity contribution in [1.82, 2.24) is 4.90 Å². The fourth-order valence-electron chi connectivity index (χ4n) is 3.58. The Kier molecular flexibility index (Phi) is 7.14. The zero-order chi connectivity index (χ0) is 24.6. The van der Waals surface area contributed by atoms with E-state index in [0.29, 0.717) is 34.9 Å². The monoisotopic (exact) mass is 544 g/mol. The Labute approximate surface area is 209 Å². The van der Waals surface area contributed by atoms with Gasteiger partial charge in [-0.3, -0.25) is 19.0 Å². The van der Waals surface area contributed by atoms with Crippen LogP contribution in [-0.4, -0.2) is 64.8 Å². The average Bonchev–Trinajstić information content (AvgIpc) is 3.41. The van der Waals surface area contributed by atoms with Crippen LogP contribution in [0, 0.1) is 0 Å². The Bertz CT molecular complexity index is 1240. The molecule has 1 amide bonds. The number of fused-ring (bicyclic) bond motifs is 2. The molecule has 0 radical (unpaired) electrons. The van der Waals surface area contributed by atoms with E-state index in [0.717, 1.165) is 32.3 Å². The first-order valence-corrected chi connectivity index (χ1v) is 13.8. The van der Waals surface area contributed by atoms with Gasteiger partial charge >= 0.3 is 5.97 Å². The first kappa shape index (κ1) is 24.9. The summed E-state index contributed by atoms with van der Waals surface area (Å²) in [5.41, 5.74) is 1.48. The second kappa shape index (κ2) is 9.77. The van der Waals surface area contributed by atoms with E-state index in [9.17, 15) is 18.0 Å². The first-order valence-electron chi connectivity index (χ1n) is 10.1. The lowest BCUT2D eigenvalue weighted by Crippen LogP contribution is -2.33. The van der Waals surface area contributed by atoms with E-state index in [1.165, 1.54) is 11.8 Å². The predicted molar refractivity (Wildman–Crippen MR) is 132 cm³/mol. The summed E-state index contributed by atoms with van der Waals surface area (Å²) in [6.07, 6.45) is 2.49. The number of amides is 1. The molecule has 1 fully saturated rings. The molecule has 0 aliphatic carbocycles. The summed E-state index contributed by atoms with van der Waals surface area (Å²) >= 11 is 7.70. The van der Waals surface area contributed by atoms with Gasteiger partial charge in [0.1, 0.15) is 10.9 Å². The summed E-state index contributed by atoms with van der Waals surface area (Å²) in [5, 5.41) is 9.83. The zero-order valence-corrected chi connectivity index (χ0v) is 21.1. The van der Waals surface area contributed by atoms with Gasteiger partial charge in [-0.2, -0.15) is 8.42 Å². The molecule has 1 aromatic rings. The lowest BCUT2D eigenvalue weighted by molar-refractivity contribution is -0.140. The Balaban J connectivity index is 1.69. The molecular formula is C20H20N2O8S4. The summed E-state index contributed by atoms with van der Waals surface area (Å²) in [6, 6.07) is 3.66. The highest BCUT2D eigenvalue weighted by Gasteiger charge is 2.36. The fourth-order valence-corrected chi connectivity index (χ4v) is 6.60. The molecule has 14 heteroatoms. The second-order valence-electron chi connectivity index (χ2n) is 7.41. The van der Waals surface area contributed by atoms with Gasteiger partial charge in [0.05, 0.1) is 21.4 Å². The number of nitrogens with zero attached hydrogens (tertiary/aromatic N) is 2. The smallest absolute Gasteiger partial charge is 0.323 e. The van der Waals surface area contributed by atoms with Gasteiger partial charge in [-0.05, 0) is 24.5 Å². The summed E-state index contributed by atoms with van der Waals surface area (Å²) in [6.45, 7) is 1.78. The number of carbonyl (C=O) groups is 2. The van der Waals surface area contributed by atoms with E-state index in [-0.39, 0.29) is 17.5 Å². The number of hydrogen-bond donors (Lipinski definition) is 2. The van der Waals surface area contributed by atoms with Crippen LogP contribution in [0.25, 0.3) is 0 Å². The molecule has 1 saturated heterocycles. The molecule has 3 heterocycles.